The van der Waals surface area contributed by atoms with Crippen molar-refractivity contribution in [2.45, 2.75) is 18.4 Å². The molecule has 6 heteroatoms. The van der Waals surface area contributed by atoms with Crippen molar-refractivity contribution in [1.82, 2.24) is 0 Å². The van der Waals surface area contributed by atoms with Gasteiger partial charge in [0.2, 0.25) is 11.8 Å². The van der Waals surface area contributed by atoms with Crippen LogP contribution in [0.25, 0.3) is 0 Å². The van der Waals surface area contributed by atoms with E-state index in [4.69, 9.17) is 15.2 Å². The monoisotopic (exact) mass is 340 g/mol. The third-order valence-electron chi connectivity index (χ3n) is 4.51. The number of carbonyl (C=O) groups excluding carboxylic acids is 2. The first kappa shape index (κ1) is 16.8. The highest BCUT2D eigenvalue weighted by Crippen LogP contribution is 2.38. The Morgan fingerprint density at radius 3 is 2.00 bits per heavy atom. The first-order valence-corrected chi connectivity index (χ1v) is 7.94. The maximum atomic E-state index is 12.6. The molecule has 2 amide bonds. The van der Waals surface area contributed by atoms with Gasteiger partial charge in [0.1, 0.15) is 17.5 Å². The third kappa shape index (κ3) is 3.15. The lowest BCUT2D eigenvalue weighted by Gasteiger charge is -2.26. The number of carbonyl (C=O) groups is 2. The van der Waals surface area contributed by atoms with E-state index >= 15 is 0 Å². The predicted octanol–water partition coefficient (Wildman–Crippen LogP) is 2.08. The Kier molecular flexibility index (Phi) is 4.61. The quantitative estimate of drug-likeness (QED) is 0.903. The van der Waals surface area contributed by atoms with Crippen LogP contribution in [0.3, 0.4) is 0 Å². The van der Waals surface area contributed by atoms with Gasteiger partial charge in [-0.3, -0.25) is 14.5 Å². The summed E-state index contributed by atoms with van der Waals surface area (Å²) in [4.78, 5) is 26.2. The second-order valence-corrected chi connectivity index (χ2v) is 5.89. The van der Waals surface area contributed by atoms with Crippen LogP contribution in [0, 0.1) is 0 Å². The minimum atomic E-state index is -0.728. The van der Waals surface area contributed by atoms with Crippen molar-refractivity contribution in [2.75, 3.05) is 19.1 Å². The maximum absolute atomic E-state index is 12.6. The second-order valence-electron chi connectivity index (χ2n) is 5.89. The molecule has 1 saturated heterocycles. The number of nitrogens with two attached hydrogens (primary N) is 1. The van der Waals surface area contributed by atoms with Crippen molar-refractivity contribution >= 4 is 17.5 Å². The van der Waals surface area contributed by atoms with Gasteiger partial charge in [0.05, 0.1) is 14.2 Å². The molecule has 2 aromatic rings. The average Bonchev–Trinajstić information content (AvgIpc) is 2.99. The van der Waals surface area contributed by atoms with Crippen LogP contribution >= 0.6 is 0 Å². The molecule has 0 spiro atoms. The molecule has 130 valence electrons. The average molecular weight is 340 g/mol. The number of primary amides is 1. The summed E-state index contributed by atoms with van der Waals surface area (Å²) in [6, 6.07) is 13.6. The van der Waals surface area contributed by atoms with Crippen molar-refractivity contribution in [2.24, 2.45) is 5.73 Å². The molecule has 1 aliphatic heterocycles. The molecule has 0 bridgehead atoms. The SMILES string of the molecule is COc1ccc(C2CC(=O)N(c3ccc(OC)cc3)C2C(N)=O)cc1. The van der Waals surface area contributed by atoms with E-state index in [2.05, 4.69) is 0 Å². The van der Waals surface area contributed by atoms with Crippen LogP contribution < -0.4 is 20.1 Å². The van der Waals surface area contributed by atoms with Gasteiger partial charge in [-0.2, -0.15) is 0 Å². The fourth-order valence-electron chi connectivity index (χ4n) is 3.26. The van der Waals surface area contributed by atoms with Gasteiger partial charge in [-0.25, -0.2) is 0 Å². The number of hydrogen-bond donors (Lipinski definition) is 1. The number of anilines is 1. The first-order chi connectivity index (χ1) is 12.0. The van der Waals surface area contributed by atoms with Crippen molar-refractivity contribution < 1.29 is 19.1 Å². The number of benzene rings is 2. The number of hydrogen-bond acceptors (Lipinski definition) is 4. The largest absolute Gasteiger partial charge is 0.497 e. The Morgan fingerprint density at radius 2 is 1.52 bits per heavy atom. The molecular weight excluding hydrogens is 320 g/mol. The number of methoxy groups -OCH3 is 2. The maximum Gasteiger partial charge on any atom is 0.241 e. The van der Waals surface area contributed by atoms with Crippen molar-refractivity contribution in [3.63, 3.8) is 0 Å². The fraction of sp³-hybridized carbons (Fsp3) is 0.263. The van der Waals surface area contributed by atoms with Gasteiger partial charge in [-0.15, -0.1) is 0 Å². The molecule has 3 rings (SSSR count). The van der Waals surface area contributed by atoms with Gasteiger partial charge in [0, 0.05) is 18.0 Å². The summed E-state index contributed by atoms with van der Waals surface area (Å²) in [5.41, 5.74) is 7.16. The van der Waals surface area contributed by atoms with Crippen LogP contribution in [0.1, 0.15) is 17.9 Å². The summed E-state index contributed by atoms with van der Waals surface area (Å²) >= 11 is 0. The minimum Gasteiger partial charge on any atom is -0.497 e. The molecule has 0 saturated carbocycles. The Hall–Kier alpha value is -3.02. The van der Waals surface area contributed by atoms with Crippen LogP contribution in [-0.4, -0.2) is 32.1 Å². The van der Waals surface area contributed by atoms with E-state index in [1.54, 1.807) is 38.5 Å². The lowest BCUT2D eigenvalue weighted by Crippen LogP contribution is -2.44. The van der Waals surface area contributed by atoms with E-state index in [9.17, 15) is 9.59 Å². The molecule has 0 aromatic heterocycles. The summed E-state index contributed by atoms with van der Waals surface area (Å²) in [5.74, 6) is 0.448. The molecule has 1 heterocycles. The van der Waals surface area contributed by atoms with Gasteiger partial charge in [-0.05, 0) is 42.0 Å². The van der Waals surface area contributed by atoms with Crippen molar-refractivity contribution in [3.05, 3.63) is 54.1 Å². The third-order valence-corrected chi connectivity index (χ3v) is 4.51. The molecule has 25 heavy (non-hydrogen) atoms. The Balaban J connectivity index is 1.95. The lowest BCUT2D eigenvalue weighted by atomic mass is 9.91. The number of rotatable bonds is 5. The topological polar surface area (TPSA) is 81.9 Å². The van der Waals surface area contributed by atoms with E-state index < -0.39 is 11.9 Å². The zero-order valence-electron chi connectivity index (χ0n) is 14.1. The Morgan fingerprint density at radius 1 is 1.00 bits per heavy atom. The molecule has 2 unspecified atom stereocenters. The van der Waals surface area contributed by atoms with Crippen molar-refractivity contribution in [3.8, 4) is 11.5 Å². The predicted molar refractivity (Wildman–Crippen MR) is 93.8 cm³/mol. The molecule has 1 fully saturated rings. The molecule has 0 radical (unpaired) electrons. The Labute approximate surface area is 146 Å². The zero-order chi connectivity index (χ0) is 18.0. The van der Waals surface area contributed by atoms with Crippen LogP contribution in [0.2, 0.25) is 0 Å². The molecule has 1 aliphatic rings. The molecule has 0 aliphatic carbocycles. The van der Waals surface area contributed by atoms with Crippen LogP contribution in [0.4, 0.5) is 5.69 Å². The van der Waals surface area contributed by atoms with E-state index in [0.717, 1.165) is 11.3 Å². The van der Waals surface area contributed by atoms with Gasteiger partial charge in [0.15, 0.2) is 0 Å². The number of amides is 2. The molecule has 2 aromatic carbocycles. The second kappa shape index (κ2) is 6.84. The van der Waals surface area contributed by atoms with Gasteiger partial charge < -0.3 is 15.2 Å². The summed E-state index contributed by atoms with van der Waals surface area (Å²) in [6.45, 7) is 0. The van der Waals surface area contributed by atoms with Crippen LogP contribution in [0.5, 0.6) is 11.5 Å². The zero-order valence-corrected chi connectivity index (χ0v) is 14.1. The molecule has 2 N–H and O–H groups in total. The van der Waals surface area contributed by atoms with Crippen LogP contribution in [-0.2, 0) is 9.59 Å². The number of nitrogens with zero attached hydrogens (tertiary/aromatic N) is 1. The lowest BCUT2D eigenvalue weighted by molar-refractivity contribution is -0.121. The molecular formula is C19H20N2O4. The van der Waals surface area contributed by atoms with Gasteiger partial charge in [0.25, 0.3) is 0 Å². The van der Waals surface area contributed by atoms with Crippen LogP contribution in [0.15, 0.2) is 48.5 Å². The first-order valence-electron chi connectivity index (χ1n) is 7.94. The highest BCUT2D eigenvalue weighted by molar-refractivity contribution is 6.05. The summed E-state index contributed by atoms with van der Waals surface area (Å²) in [6.07, 6.45) is 0.228. The van der Waals surface area contributed by atoms with Gasteiger partial charge in [-0.1, -0.05) is 12.1 Å². The smallest absolute Gasteiger partial charge is 0.241 e. The molecule has 2 atom stereocenters. The minimum absolute atomic E-state index is 0.130. The highest BCUT2D eigenvalue weighted by atomic mass is 16.5. The van der Waals surface area contributed by atoms with E-state index in [1.807, 2.05) is 24.3 Å². The Bertz CT molecular complexity index is 771. The normalized spacial score (nSPS) is 19.8. The summed E-state index contributed by atoms with van der Waals surface area (Å²) in [5, 5.41) is 0. The van der Waals surface area contributed by atoms with Crippen molar-refractivity contribution in [1.29, 1.82) is 0 Å². The van der Waals surface area contributed by atoms with Gasteiger partial charge >= 0.3 is 0 Å². The van der Waals surface area contributed by atoms with E-state index in [1.165, 1.54) is 4.90 Å². The summed E-state index contributed by atoms with van der Waals surface area (Å²) < 4.78 is 10.3. The van der Waals surface area contributed by atoms with E-state index in [-0.39, 0.29) is 18.2 Å². The summed E-state index contributed by atoms with van der Waals surface area (Å²) in [7, 11) is 3.16. The number of ether oxygens (including phenoxy) is 2. The van der Waals surface area contributed by atoms with E-state index in [0.29, 0.717) is 11.4 Å². The highest BCUT2D eigenvalue weighted by Gasteiger charge is 2.44. The fourth-order valence-corrected chi connectivity index (χ4v) is 3.26. The standard InChI is InChI=1S/C19H20N2O4/c1-24-14-7-3-12(4-8-14)16-11-17(22)21(18(16)19(20)23)13-5-9-15(25-2)10-6-13/h3-10,16,18H,11H2,1-2H3,(H2,20,23). The molecule has 6 nitrogen and oxygen atoms in total.